The standard InChI is InChI=1S/C21H19FN6O2/c1-13(2)10-27-21(30)16-6-4-3-5-15(16)19(26-27)20(29)25-14-7-8-18(17(22)9-14)28-12-23-11-24-28/h3-9,11-13H,10H2,1-2H3,(H,25,29). The number of anilines is 1. The van der Waals surface area contributed by atoms with Crippen LogP contribution < -0.4 is 10.9 Å². The van der Waals surface area contributed by atoms with E-state index in [0.29, 0.717) is 17.3 Å². The number of nitrogens with zero attached hydrogens (tertiary/aromatic N) is 5. The molecule has 30 heavy (non-hydrogen) atoms. The molecule has 0 aliphatic carbocycles. The summed E-state index contributed by atoms with van der Waals surface area (Å²) < 4.78 is 17.1. The molecule has 0 saturated carbocycles. The zero-order chi connectivity index (χ0) is 21.3. The third kappa shape index (κ3) is 3.69. The highest BCUT2D eigenvalue weighted by Crippen LogP contribution is 2.20. The summed E-state index contributed by atoms with van der Waals surface area (Å²) in [5.74, 6) is -0.928. The lowest BCUT2D eigenvalue weighted by Crippen LogP contribution is -2.29. The SMILES string of the molecule is CC(C)Cn1nc(C(=O)Nc2ccc(-n3cncn3)c(F)c2)c2ccccc2c1=O. The van der Waals surface area contributed by atoms with Gasteiger partial charge in [0.05, 0.1) is 5.39 Å². The third-order valence-corrected chi connectivity index (χ3v) is 4.49. The van der Waals surface area contributed by atoms with Gasteiger partial charge in [-0.15, -0.1) is 0 Å². The molecule has 152 valence electrons. The van der Waals surface area contributed by atoms with Crippen LogP contribution in [0.4, 0.5) is 10.1 Å². The maximum atomic E-state index is 14.5. The molecule has 0 aliphatic rings. The summed E-state index contributed by atoms with van der Waals surface area (Å²) in [6, 6.07) is 11.1. The smallest absolute Gasteiger partial charge is 0.276 e. The number of carbonyl (C=O) groups is 1. The van der Waals surface area contributed by atoms with E-state index >= 15 is 0 Å². The van der Waals surface area contributed by atoms with Crippen LogP contribution in [0.2, 0.25) is 0 Å². The van der Waals surface area contributed by atoms with E-state index in [-0.39, 0.29) is 28.5 Å². The van der Waals surface area contributed by atoms with Crippen molar-refractivity contribution < 1.29 is 9.18 Å². The number of rotatable bonds is 5. The van der Waals surface area contributed by atoms with Crippen molar-refractivity contribution in [2.24, 2.45) is 5.92 Å². The van der Waals surface area contributed by atoms with Gasteiger partial charge >= 0.3 is 0 Å². The molecule has 1 amide bonds. The Bertz CT molecular complexity index is 1280. The van der Waals surface area contributed by atoms with Crippen molar-refractivity contribution in [3.05, 3.63) is 77.0 Å². The number of benzene rings is 2. The molecule has 0 aliphatic heterocycles. The van der Waals surface area contributed by atoms with E-state index in [9.17, 15) is 14.0 Å². The van der Waals surface area contributed by atoms with E-state index in [1.165, 1.54) is 34.2 Å². The molecule has 4 rings (SSSR count). The normalized spacial score (nSPS) is 11.2. The summed E-state index contributed by atoms with van der Waals surface area (Å²) in [6.45, 7) is 4.30. The second-order valence-corrected chi connectivity index (χ2v) is 7.24. The Hall–Kier alpha value is -3.88. The van der Waals surface area contributed by atoms with Crippen LogP contribution in [0.25, 0.3) is 16.5 Å². The fraction of sp³-hybridized carbons (Fsp3) is 0.190. The molecule has 2 aromatic heterocycles. The second-order valence-electron chi connectivity index (χ2n) is 7.24. The largest absolute Gasteiger partial charge is 0.320 e. The molecule has 0 unspecified atom stereocenters. The molecule has 9 heteroatoms. The highest BCUT2D eigenvalue weighted by Gasteiger charge is 2.18. The minimum Gasteiger partial charge on any atom is -0.320 e. The van der Waals surface area contributed by atoms with Gasteiger partial charge in [-0.3, -0.25) is 9.59 Å². The minimum atomic E-state index is -0.569. The fourth-order valence-corrected chi connectivity index (χ4v) is 3.17. The van der Waals surface area contributed by atoms with Crippen molar-refractivity contribution in [2.75, 3.05) is 5.32 Å². The van der Waals surface area contributed by atoms with Crippen molar-refractivity contribution in [3.8, 4) is 5.69 Å². The molecule has 0 saturated heterocycles. The summed E-state index contributed by atoms with van der Waals surface area (Å²) in [5, 5.41) is 11.7. The van der Waals surface area contributed by atoms with E-state index in [2.05, 4.69) is 20.5 Å². The number of nitrogens with one attached hydrogen (secondary N) is 1. The molecule has 2 heterocycles. The van der Waals surface area contributed by atoms with Crippen molar-refractivity contribution in [3.63, 3.8) is 0 Å². The number of fused-ring (bicyclic) bond motifs is 1. The van der Waals surface area contributed by atoms with Gasteiger partial charge in [-0.05, 0) is 30.2 Å². The second kappa shape index (κ2) is 7.86. The lowest BCUT2D eigenvalue weighted by molar-refractivity contribution is 0.102. The Kier molecular flexibility index (Phi) is 5.09. The van der Waals surface area contributed by atoms with E-state index in [0.717, 1.165) is 0 Å². The molecular weight excluding hydrogens is 387 g/mol. The quantitative estimate of drug-likeness (QED) is 0.550. The minimum absolute atomic E-state index is 0.103. The average Bonchev–Trinajstić information content (AvgIpc) is 3.24. The number of hydrogen-bond donors (Lipinski definition) is 1. The molecule has 0 bridgehead atoms. The Morgan fingerprint density at radius 2 is 1.93 bits per heavy atom. The van der Waals surface area contributed by atoms with Crippen molar-refractivity contribution in [1.82, 2.24) is 24.5 Å². The van der Waals surface area contributed by atoms with Gasteiger partial charge in [-0.1, -0.05) is 32.0 Å². The van der Waals surface area contributed by atoms with E-state index < -0.39 is 11.7 Å². The van der Waals surface area contributed by atoms with Crippen LogP contribution in [0.15, 0.2) is 59.9 Å². The zero-order valence-electron chi connectivity index (χ0n) is 16.4. The number of amides is 1. The molecule has 0 atom stereocenters. The molecule has 0 spiro atoms. The van der Waals surface area contributed by atoms with Gasteiger partial charge in [0.2, 0.25) is 0 Å². The molecule has 1 N–H and O–H groups in total. The first-order chi connectivity index (χ1) is 14.4. The van der Waals surface area contributed by atoms with Gasteiger partial charge in [-0.25, -0.2) is 18.7 Å². The van der Waals surface area contributed by atoms with Gasteiger partial charge in [0, 0.05) is 17.6 Å². The van der Waals surface area contributed by atoms with Crippen LogP contribution in [0, 0.1) is 11.7 Å². The summed E-state index contributed by atoms with van der Waals surface area (Å²) in [7, 11) is 0. The maximum absolute atomic E-state index is 14.5. The Morgan fingerprint density at radius 1 is 1.17 bits per heavy atom. The Morgan fingerprint density at radius 3 is 2.60 bits per heavy atom. The van der Waals surface area contributed by atoms with E-state index in [1.807, 2.05) is 13.8 Å². The highest BCUT2D eigenvalue weighted by molar-refractivity contribution is 6.11. The van der Waals surface area contributed by atoms with Crippen LogP contribution >= 0.6 is 0 Å². The molecule has 2 aromatic carbocycles. The van der Waals surface area contributed by atoms with Crippen LogP contribution in [0.5, 0.6) is 0 Å². The predicted octanol–water partition coefficient (Wildman–Crippen LogP) is 3.02. The Balaban J connectivity index is 1.70. The van der Waals surface area contributed by atoms with E-state index in [4.69, 9.17) is 0 Å². The summed E-state index contributed by atoms with van der Waals surface area (Å²) in [5.41, 5.74) is 0.319. The fourth-order valence-electron chi connectivity index (χ4n) is 3.17. The Labute approximate surface area is 171 Å². The van der Waals surface area contributed by atoms with Crippen molar-refractivity contribution >= 4 is 22.4 Å². The van der Waals surface area contributed by atoms with Crippen molar-refractivity contribution in [2.45, 2.75) is 20.4 Å². The first-order valence-electron chi connectivity index (χ1n) is 9.40. The number of hydrogen-bond acceptors (Lipinski definition) is 5. The topological polar surface area (TPSA) is 94.7 Å². The lowest BCUT2D eigenvalue weighted by atomic mass is 10.1. The van der Waals surface area contributed by atoms with Gasteiger partial charge < -0.3 is 5.32 Å². The van der Waals surface area contributed by atoms with Gasteiger partial charge in [0.25, 0.3) is 11.5 Å². The molecule has 8 nitrogen and oxygen atoms in total. The van der Waals surface area contributed by atoms with Crippen LogP contribution in [-0.4, -0.2) is 30.5 Å². The first kappa shape index (κ1) is 19.4. The lowest BCUT2D eigenvalue weighted by Gasteiger charge is -2.13. The van der Waals surface area contributed by atoms with Gasteiger partial charge in [-0.2, -0.15) is 10.2 Å². The highest BCUT2D eigenvalue weighted by atomic mass is 19.1. The number of aromatic nitrogens is 5. The molecule has 0 radical (unpaired) electrons. The summed E-state index contributed by atoms with van der Waals surface area (Å²) >= 11 is 0. The summed E-state index contributed by atoms with van der Waals surface area (Å²) in [6.07, 6.45) is 2.68. The van der Waals surface area contributed by atoms with E-state index in [1.54, 1.807) is 30.3 Å². The van der Waals surface area contributed by atoms with Crippen molar-refractivity contribution in [1.29, 1.82) is 0 Å². The average molecular weight is 406 g/mol. The van der Waals surface area contributed by atoms with Crippen LogP contribution in [0.1, 0.15) is 24.3 Å². The van der Waals surface area contributed by atoms with Crippen LogP contribution in [-0.2, 0) is 6.54 Å². The summed E-state index contributed by atoms with van der Waals surface area (Å²) in [4.78, 5) is 29.5. The molecule has 0 fully saturated rings. The molecule has 4 aromatic rings. The van der Waals surface area contributed by atoms with Crippen LogP contribution in [0.3, 0.4) is 0 Å². The predicted molar refractivity (Wildman–Crippen MR) is 110 cm³/mol. The maximum Gasteiger partial charge on any atom is 0.276 e. The number of halogens is 1. The zero-order valence-corrected chi connectivity index (χ0v) is 16.4. The number of carbonyl (C=O) groups excluding carboxylic acids is 1. The van der Waals surface area contributed by atoms with Gasteiger partial charge in [0.1, 0.15) is 18.3 Å². The van der Waals surface area contributed by atoms with Gasteiger partial charge in [0.15, 0.2) is 11.5 Å². The third-order valence-electron chi connectivity index (χ3n) is 4.49. The first-order valence-corrected chi connectivity index (χ1v) is 9.40. The monoisotopic (exact) mass is 406 g/mol. The molecular formula is C21H19FN6O2.